The van der Waals surface area contributed by atoms with Gasteiger partial charge in [0.2, 0.25) is 0 Å². The van der Waals surface area contributed by atoms with E-state index in [2.05, 4.69) is 26.1 Å². The van der Waals surface area contributed by atoms with E-state index in [1.807, 2.05) is 24.3 Å². The van der Waals surface area contributed by atoms with Gasteiger partial charge in [-0.2, -0.15) is 5.10 Å². The Morgan fingerprint density at radius 3 is 2.79 bits per heavy atom. The second-order valence-corrected chi connectivity index (χ2v) is 7.32. The third-order valence-electron chi connectivity index (χ3n) is 5.44. The SMILES string of the molecule is Cl.Fc1cc2cnccc2cc1OC1CCN(Cc2[nH]nc3ccccc23)CC1. The van der Waals surface area contributed by atoms with E-state index in [0.29, 0.717) is 5.75 Å². The lowest BCUT2D eigenvalue weighted by Crippen LogP contribution is -2.38. The average Bonchev–Trinajstić information content (AvgIpc) is 3.13. The van der Waals surface area contributed by atoms with E-state index >= 15 is 0 Å². The Bertz CT molecular complexity index is 1120. The van der Waals surface area contributed by atoms with Crippen molar-refractivity contribution >= 4 is 34.1 Å². The van der Waals surface area contributed by atoms with Crippen LogP contribution in [-0.2, 0) is 6.54 Å². The van der Waals surface area contributed by atoms with Gasteiger partial charge < -0.3 is 4.74 Å². The Morgan fingerprint density at radius 2 is 1.93 bits per heavy atom. The molecule has 1 aliphatic heterocycles. The lowest BCUT2D eigenvalue weighted by molar-refractivity contribution is 0.0932. The zero-order chi connectivity index (χ0) is 18.9. The molecule has 0 unspecified atom stereocenters. The maximum absolute atomic E-state index is 14.4. The van der Waals surface area contributed by atoms with Crippen LogP contribution in [0.2, 0.25) is 0 Å². The summed E-state index contributed by atoms with van der Waals surface area (Å²) >= 11 is 0. The van der Waals surface area contributed by atoms with Crippen LogP contribution in [0.25, 0.3) is 21.7 Å². The number of hydrogen-bond acceptors (Lipinski definition) is 4. The van der Waals surface area contributed by atoms with Gasteiger partial charge in [0.15, 0.2) is 11.6 Å². The van der Waals surface area contributed by atoms with Gasteiger partial charge in [0, 0.05) is 42.8 Å². The summed E-state index contributed by atoms with van der Waals surface area (Å²) in [5.74, 6) is 0.00331. The molecule has 150 valence electrons. The van der Waals surface area contributed by atoms with Gasteiger partial charge in [-0.05, 0) is 42.5 Å². The number of aromatic nitrogens is 3. The molecule has 5 rings (SSSR count). The van der Waals surface area contributed by atoms with Crippen LogP contribution >= 0.6 is 12.4 Å². The number of rotatable bonds is 4. The van der Waals surface area contributed by atoms with Crippen LogP contribution in [0.5, 0.6) is 5.75 Å². The first kappa shape index (κ1) is 19.6. The molecule has 0 radical (unpaired) electrons. The lowest BCUT2D eigenvalue weighted by atomic mass is 10.1. The van der Waals surface area contributed by atoms with Crippen molar-refractivity contribution in [3.05, 3.63) is 66.4 Å². The molecule has 1 saturated heterocycles. The zero-order valence-electron chi connectivity index (χ0n) is 15.8. The number of ether oxygens (including phenoxy) is 1. The summed E-state index contributed by atoms with van der Waals surface area (Å²) < 4.78 is 20.4. The van der Waals surface area contributed by atoms with Crippen molar-refractivity contribution in [3.63, 3.8) is 0 Å². The number of aromatic amines is 1. The van der Waals surface area contributed by atoms with Crippen molar-refractivity contribution in [2.24, 2.45) is 0 Å². The Morgan fingerprint density at radius 1 is 1.10 bits per heavy atom. The first-order valence-corrected chi connectivity index (χ1v) is 9.60. The van der Waals surface area contributed by atoms with E-state index < -0.39 is 0 Å². The summed E-state index contributed by atoms with van der Waals surface area (Å²) in [4.78, 5) is 6.43. The van der Waals surface area contributed by atoms with Crippen LogP contribution in [0.15, 0.2) is 54.9 Å². The predicted molar refractivity (Wildman–Crippen MR) is 114 cm³/mol. The molecule has 0 amide bonds. The minimum atomic E-state index is -0.327. The highest BCUT2D eigenvalue weighted by Gasteiger charge is 2.22. The van der Waals surface area contributed by atoms with E-state index in [4.69, 9.17) is 4.74 Å². The molecule has 3 heterocycles. The standard InChI is InChI=1S/C22H21FN4O.ClH/c23-19-11-16-13-24-8-5-15(16)12-22(19)28-17-6-9-27(10-7-17)14-21-18-3-1-2-4-20(18)25-26-21;/h1-5,8,11-13,17H,6-7,9-10,14H2,(H,25,26);1H. The lowest BCUT2D eigenvalue weighted by Gasteiger charge is -2.32. The van der Waals surface area contributed by atoms with Crippen LogP contribution in [0.1, 0.15) is 18.5 Å². The largest absolute Gasteiger partial charge is 0.487 e. The average molecular weight is 413 g/mol. The highest BCUT2D eigenvalue weighted by molar-refractivity contribution is 5.85. The van der Waals surface area contributed by atoms with Gasteiger partial charge in [0.05, 0.1) is 11.2 Å². The first-order valence-electron chi connectivity index (χ1n) is 9.60. The maximum Gasteiger partial charge on any atom is 0.165 e. The third-order valence-corrected chi connectivity index (χ3v) is 5.44. The number of piperidine rings is 1. The zero-order valence-corrected chi connectivity index (χ0v) is 16.7. The molecular weight excluding hydrogens is 391 g/mol. The molecule has 2 aromatic carbocycles. The molecule has 7 heteroatoms. The number of fused-ring (bicyclic) bond motifs is 2. The smallest absolute Gasteiger partial charge is 0.165 e. The fraction of sp³-hybridized carbons (Fsp3) is 0.273. The van der Waals surface area contributed by atoms with Crippen molar-refractivity contribution in [3.8, 4) is 5.75 Å². The maximum atomic E-state index is 14.4. The minimum Gasteiger partial charge on any atom is -0.487 e. The van der Waals surface area contributed by atoms with E-state index in [1.165, 1.54) is 11.5 Å². The second-order valence-electron chi connectivity index (χ2n) is 7.32. The Balaban J connectivity index is 0.00000205. The molecule has 1 N–H and O–H groups in total. The Hall–Kier alpha value is -2.70. The van der Waals surface area contributed by atoms with E-state index in [1.54, 1.807) is 18.5 Å². The number of hydrogen-bond donors (Lipinski definition) is 1. The van der Waals surface area contributed by atoms with Crippen LogP contribution in [-0.4, -0.2) is 39.3 Å². The summed E-state index contributed by atoms with van der Waals surface area (Å²) in [5.41, 5.74) is 2.14. The summed E-state index contributed by atoms with van der Waals surface area (Å²) in [7, 11) is 0. The number of para-hydroxylation sites is 1. The number of nitrogens with one attached hydrogen (secondary N) is 1. The van der Waals surface area contributed by atoms with Crippen LogP contribution < -0.4 is 4.74 Å². The molecule has 0 atom stereocenters. The number of halogens is 2. The highest BCUT2D eigenvalue weighted by atomic mass is 35.5. The topological polar surface area (TPSA) is 54.0 Å². The van der Waals surface area contributed by atoms with Crippen molar-refractivity contribution in [1.29, 1.82) is 0 Å². The second kappa shape index (κ2) is 8.35. The van der Waals surface area contributed by atoms with Crippen molar-refractivity contribution in [2.45, 2.75) is 25.5 Å². The van der Waals surface area contributed by atoms with Crippen LogP contribution in [0.3, 0.4) is 0 Å². The first-order chi connectivity index (χ1) is 13.8. The summed E-state index contributed by atoms with van der Waals surface area (Å²) in [6.45, 7) is 2.67. The summed E-state index contributed by atoms with van der Waals surface area (Å²) in [6.07, 6.45) is 5.16. The molecule has 29 heavy (non-hydrogen) atoms. The summed E-state index contributed by atoms with van der Waals surface area (Å²) in [6, 6.07) is 13.3. The molecule has 0 bridgehead atoms. The van der Waals surface area contributed by atoms with Crippen molar-refractivity contribution in [2.75, 3.05) is 13.1 Å². The van der Waals surface area contributed by atoms with Gasteiger partial charge in [-0.15, -0.1) is 12.4 Å². The fourth-order valence-electron chi connectivity index (χ4n) is 3.90. The van der Waals surface area contributed by atoms with E-state index in [0.717, 1.165) is 54.5 Å². The van der Waals surface area contributed by atoms with E-state index in [-0.39, 0.29) is 24.3 Å². The molecule has 0 saturated carbocycles. The number of H-pyrrole nitrogens is 1. The number of likely N-dealkylation sites (tertiary alicyclic amines) is 1. The number of benzene rings is 2. The minimum absolute atomic E-state index is 0. The van der Waals surface area contributed by atoms with Gasteiger partial charge in [0.1, 0.15) is 6.10 Å². The van der Waals surface area contributed by atoms with Crippen LogP contribution in [0.4, 0.5) is 4.39 Å². The molecule has 2 aromatic heterocycles. The fourth-order valence-corrected chi connectivity index (χ4v) is 3.90. The molecule has 4 aromatic rings. The molecule has 1 fully saturated rings. The van der Waals surface area contributed by atoms with Gasteiger partial charge in [-0.3, -0.25) is 15.0 Å². The quantitative estimate of drug-likeness (QED) is 0.527. The predicted octanol–water partition coefficient (Wildman–Crippen LogP) is 4.72. The van der Waals surface area contributed by atoms with Crippen molar-refractivity contribution < 1.29 is 9.13 Å². The Labute approximate surface area is 174 Å². The molecule has 0 aliphatic carbocycles. The van der Waals surface area contributed by atoms with Gasteiger partial charge in [0.25, 0.3) is 0 Å². The van der Waals surface area contributed by atoms with Gasteiger partial charge >= 0.3 is 0 Å². The third kappa shape index (κ3) is 4.04. The number of pyridine rings is 1. The highest BCUT2D eigenvalue weighted by Crippen LogP contribution is 2.27. The molecule has 0 spiro atoms. The van der Waals surface area contributed by atoms with Gasteiger partial charge in [-0.25, -0.2) is 4.39 Å². The molecule has 5 nitrogen and oxygen atoms in total. The molecular formula is C22H22ClFN4O. The normalized spacial score (nSPS) is 15.5. The van der Waals surface area contributed by atoms with E-state index in [9.17, 15) is 4.39 Å². The number of nitrogens with zero attached hydrogens (tertiary/aromatic N) is 3. The Kier molecular flexibility index (Phi) is 5.65. The van der Waals surface area contributed by atoms with Crippen LogP contribution in [0, 0.1) is 5.82 Å². The van der Waals surface area contributed by atoms with Crippen molar-refractivity contribution in [1.82, 2.24) is 20.1 Å². The summed E-state index contributed by atoms with van der Waals surface area (Å²) in [5, 5.41) is 10.4. The van der Waals surface area contributed by atoms with Gasteiger partial charge in [-0.1, -0.05) is 18.2 Å². The molecule has 1 aliphatic rings. The monoisotopic (exact) mass is 412 g/mol.